The van der Waals surface area contributed by atoms with Crippen LogP contribution in [0.2, 0.25) is 0 Å². The number of hydrogen-bond donors (Lipinski definition) is 2. The van der Waals surface area contributed by atoms with Gasteiger partial charge in [-0.15, -0.1) is 0 Å². The fourth-order valence-electron chi connectivity index (χ4n) is 5.39. The van der Waals surface area contributed by atoms with Gasteiger partial charge in [0.2, 0.25) is 0 Å². The highest BCUT2D eigenvalue weighted by atomic mass is 16.3. The summed E-state index contributed by atoms with van der Waals surface area (Å²) in [5, 5.41) is 21.0. The zero-order valence-electron chi connectivity index (χ0n) is 12.1. The number of hydrogen-bond acceptors (Lipinski definition) is 3. The molecule has 21 heavy (non-hydrogen) atoms. The molecule has 1 aromatic carbocycles. The third-order valence-electron chi connectivity index (χ3n) is 6.17. The number of aliphatic hydroxyl groups is 2. The zero-order valence-corrected chi connectivity index (χ0v) is 12.1. The first-order valence-corrected chi connectivity index (χ1v) is 8.03. The molecule has 5 rings (SSSR count). The molecule has 4 aliphatic carbocycles. The maximum atomic E-state index is 12.6. The molecule has 4 saturated carbocycles. The molecule has 3 nitrogen and oxygen atoms in total. The Balaban J connectivity index is 1.61. The molecule has 4 aliphatic rings. The average molecular weight is 286 g/mol. The smallest absolute Gasteiger partial charge is 0.163 e. The highest BCUT2D eigenvalue weighted by Gasteiger charge is 2.60. The van der Waals surface area contributed by atoms with Gasteiger partial charge in [-0.1, -0.05) is 30.3 Å². The van der Waals surface area contributed by atoms with Crippen LogP contribution >= 0.6 is 0 Å². The molecule has 2 N–H and O–H groups in total. The van der Waals surface area contributed by atoms with E-state index in [1.54, 1.807) is 0 Å². The lowest BCUT2D eigenvalue weighted by atomic mass is 9.46. The minimum atomic E-state index is -0.520. The van der Waals surface area contributed by atoms with Crippen LogP contribution in [0, 0.1) is 23.2 Å². The monoisotopic (exact) mass is 286 g/mol. The van der Waals surface area contributed by atoms with Crippen molar-refractivity contribution in [3.8, 4) is 0 Å². The van der Waals surface area contributed by atoms with Crippen molar-refractivity contribution < 1.29 is 15.0 Å². The van der Waals surface area contributed by atoms with Gasteiger partial charge >= 0.3 is 0 Å². The van der Waals surface area contributed by atoms with Crippen LogP contribution in [0.5, 0.6) is 0 Å². The highest BCUT2D eigenvalue weighted by molar-refractivity contribution is 5.96. The van der Waals surface area contributed by atoms with Gasteiger partial charge in [-0.25, -0.2) is 0 Å². The van der Waals surface area contributed by atoms with Crippen molar-refractivity contribution in [1.82, 2.24) is 0 Å². The number of ketones is 1. The second kappa shape index (κ2) is 4.65. The third kappa shape index (κ3) is 1.98. The molecule has 0 amide bonds. The summed E-state index contributed by atoms with van der Waals surface area (Å²) in [6.07, 6.45) is 3.30. The zero-order chi connectivity index (χ0) is 14.6. The fourth-order valence-corrected chi connectivity index (χ4v) is 5.39. The van der Waals surface area contributed by atoms with E-state index in [4.69, 9.17) is 0 Å². The quantitative estimate of drug-likeness (QED) is 0.839. The summed E-state index contributed by atoms with van der Waals surface area (Å²) in [5.41, 5.74) is 0.448. The lowest BCUT2D eigenvalue weighted by Gasteiger charge is -2.61. The SMILES string of the molecule is O=C(CC12CC3CC(C1)C(O)C(C3)C2O)c1ccccc1. The fraction of sp³-hybridized carbons (Fsp3) is 0.611. The van der Waals surface area contributed by atoms with E-state index in [2.05, 4.69) is 0 Å². The summed E-state index contributed by atoms with van der Waals surface area (Å²) >= 11 is 0. The van der Waals surface area contributed by atoms with Crippen molar-refractivity contribution in [3.05, 3.63) is 35.9 Å². The largest absolute Gasteiger partial charge is 0.392 e. The Bertz CT molecular complexity index is 555. The molecule has 0 saturated heterocycles. The van der Waals surface area contributed by atoms with Crippen LogP contribution in [0.1, 0.15) is 42.5 Å². The van der Waals surface area contributed by atoms with E-state index in [1.165, 1.54) is 0 Å². The minimum Gasteiger partial charge on any atom is -0.392 e. The third-order valence-corrected chi connectivity index (χ3v) is 6.17. The first-order valence-electron chi connectivity index (χ1n) is 8.03. The molecular formula is C18H22O3. The molecule has 6 atom stereocenters. The molecule has 0 aromatic heterocycles. The Morgan fingerprint density at radius 2 is 1.90 bits per heavy atom. The van der Waals surface area contributed by atoms with Gasteiger partial charge in [-0.3, -0.25) is 4.79 Å². The minimum absolute atomic E-state index is 0.0141. The molecule has 0 radical (unpaired) electrons. The van der Waals surface area contributed by atoms with Gasteiger partial charge in [0.25, 0.3) is 0 Å². The van der Waals surface area contributed by atoms with E-state index in [9.17, 15) is 15.0 Å². The van der Waals surface area contributed by atoms with Gasteiger partial charge in [0.1, 0.15) is 0 Å². The summed E-state index contributed by atoms with van der Waals surface area (Å²) in [6.45, 7) is 0. The van der Waals surface area contributed by atoms with Gasteiger partial charge in [-0.2, -0.15) is 0 Å². The van der Waals surface area contributed by atoms with Crippen LogP contribution in [-0.4, -0.2) is 28.2 Å². The molecule has 0 aliphatic heterocycles. The van der Waals surface area contributed by atoms with E-state index in [1.807, 2.05) is 30.3 Å². The maximum absolute atomic E-state index is 12.6. The van der Waals surface area contributed by atoms with Crippen molar-refractivity contribution in [2.75, 3.05) is 0 Å². The first-order chi connectivity index (χ1) is 10.1. The number of Topliss-reactive ketones (excluding diaryl/α,β-unsaturated/α-hetero) is 1. The molecule has 112 valence electrons. The van der Waals surface area contributed by atoms with E-state index >= 15 is 0 Å². The van der Waals surface area contributed by atoms with Crippen molar-refractivity contribution in [3.63, 3.8) is 0 Å². The van der Waals surface area contributed by atoms with Crippen molar-refractivity contribution >= 4 is 5.78 Å². The average Bonchev–Trinajstić information content (AvgIpc) is 2.49. The van der Waals surface area contributed by atoms with Crippen LogP contribution in [0.15, 0.2) is 30.3 Å². The van der Waals surface area contributed by atoms with Gasteiger partial charge in [0, 0.05) is 23.3 Å². The van der Waals surface area contributed by atoms with E-state index in [-0.39, 0.29) is 29.1 Å². The molecule has 0 heterocycles. The molecule has 1 aromatic rings. The second-order valence-electron chi connectivity index (χ2n) is 7.43. The number of carbonyl (C=O) groups excluding carboxylic acids is 1. The van der Waals surface area contributed by atoms with E-state index < -0.39 is 6.10 Å². The molecule has 3 heteroatoms. The summed E-state index contributed by atoms with van der Waals surface area (Å²) in [5.74, 6) is 0.990. The number of carbonyl (C=O) groups is 1. The number of aliphatic hydroxyl groups excluding tert-OH is 2. The molecule has 0 spiro atoms. The molecule has 4 bridgehead atoms. The first kappa shape index (κ1) is 13.5. The van der Waals surface area contributed by atoms with Crippen LogP contribution in [-0.2, 0) is 0 Å². The molecule has 4 fully saturated rings. The predicted molar refractivity (Wildman–Crippen MR) is 78.8 cm³/mol. The summed E-state index contributed by atoms with van der Waals surface area (Å²) in [4.78, 5) is 12.6. The van der Waals surface area contributed by atoms with Gasteiger partial charge < -0.3 is 10.2 Å². The molecule has 6 unspecified atom stereocenters. The highest BCUT2D eigenvalue weighted by Crippen LogP contribution is 2.61. The van der Waals surface area contributed by atoms with E-state index in [0.717, 1.165) is 31.2 Å². The maximum Gasteiger partial charge on any atom is 0.163 e. The Kier molecular flexibility index (Phi) is 2.98. The van der Waals surface area contributed by atoms with Crippen molar-refractivity contribution in [1.29, 1.82) is 0 Å². The van der Waals surface area contributed by atoms with Crippen LogP contribution < -0.4 is 0 Å². The number of benzene rings is 1. The van der Waals surface area contributed by atoms with E-state index in [0.29, 0.717) is 12.3 Å². The molecular weight excluding hydrogens is 264 g/mol. The second-order valence-corrected chi connectivity index (χ2v) is 7.43. The normalized spacial score (nSPS) is 44.0. The van der Waals surface area contributed by atoms with Gasteiger partial charge in [0.05, 0.1) is 12.2 Å². The summed E-state index contributed by atoms with van der Waals surface area (Å²) in [6, 6.07) is 9.38. The Hall–Kier alpha value is -1.19. The van der Waals surface area contributed by atoms with Crippen LogP contribution in [0.25, 0.3) is 0 Å². The topological polar surface area (TPSA) is 57.5 Å². The lowest BCUT2D eigenvalue weighted by molar-refractivity contribution is -0.205. The van der Waals surface area contributed by atoms with Crippen LogP contribution in [0.3, 0.4) is 0 Å². The van der Waals surface area contributed by atoms with Gasteiger partial charge in [-0.05, 0) is 37.5 Å². The van der Waals surface area contributed by atoms with Crippen molar-refractivity contribution in [2.24, 2.45) is 23.2 Å². The standard InChI is InChI=1S/C18H22O3/c19-15(12-4-2-1-3-5-12)10-18-8-11-6-13(9-18)16(20)14(7-11)17(18)21/h1-5,11,13-14,16-17,20-21H,6-10H2. The predicted octanol–water partition coefficient (Wildman–Crippen LogP) is 2.42. The Labute approximate surface area is 125 Å². The van der Waals surface area contributed by atoms with Crippen molar-refractivity contribution in [2.45, 2.75) is 44.3 Å². The number of rotatable bonds is 3. The lowest BCUT2D eigenvalue weighted by Crippen LogP contribution is -2.62. The Morgan fingerprint density at radius 1 is 1.14 bits per heavy atom. The van der Waals surface area contributed by atoms with Crippen LogP contribution in [0.4, 0.5) is 0 Å². The summed E-state index contributed by atoms with van der Waals surface area (Å²) < 4.78 is 0. The van der Waals surface area contributed by atoms with Gasteiger partial charge in [0.15, 0.2) is 5.78 Å². The summed E-state index contributed by atoms with van der Waals surface area (Å²) in [7, 11) is 0. The Morgan fingerprint density at radius 3 is 2.67 bits per heavy atom.